The number of amides is 2. The molecule has 3 aromatic rings. The van der Waals surface area contributed by atoms with Gasteiger partial charge in [0.15, 0.2) is 11.5 Å². The number of urea groups is 1. The summed E-state index contributed by atoms with van der Waals surface area (Å²) in [6, 6.07) is 26.4. The van der Waals surface area contributed by atoms with Crippen molar-refractivity contribution in [1.82, 2.24) is 15.1 Å². The number of carbonyl (C=O) groups is 1. The van der Waals surface area contributed by atoms with E-state index in [0.717, 1.165) is 44.7 Å². The maximum Gasteiger partial charge on any atom is 0.322 e. The fraction of sp³-hybridized carbons (Fsp3) is 0.323. The Morgan fingerprint density at radius 1 is 0.947 bits per heavy atom. The zero-order chi connectivity index (χ0) is 26.2. The first-order chi connectivity index (χ1) is 18.7. The average Bonchev–Trinajstić information content (AvgIpc) is 3.42. The fourth-order valence-electron chi connectivity index (χ4n) is 5.12. The predicted molar refractivity (Wildman–Crippen MR) is 151 cm³/mol. The van der Waals surface area contributed by atoms with Gasteiger partial charge in [-0.25, -0.2) is 4.79 Å². The van der Waals surface area contributed by atoms with Crippen molar-refractivity contribution in [2.75, 3.05) is 57.9 Å². The smallest absolute Gasteiger partial charge is 0.322 e. The predicted octanol–water partition coefficient (Wildman–Crippen LogP) is 4.93. The Kier molecular flexibility index (Phi) is 8.58. The van der Waals surface area contributed by atoms with E-state index in [0.29, 0.717) is 30.3 Å². The monoisotopic (exact) mass is 512 g/mol. The quantitative estimate of drug-likeness (QED) is 0.377. The molecule has 2 amide bonds. The molecule has 2 aliphatic rings. The topological polar surface area (TPSA) is 66.1 Å². The molecule has 0 saturated carbocycles. The van der Waals surface area contributed by atoms with Crippen molar-refractivity contribution >= 4 is 11.7 Å². The number of hydrogen-bond acceptors (Lipinski definition) is 5. The van der Waals surface area contributed by atoms with Gasteiger partial charge in [0.2, 0.25) is 6.79 Å². The van der Waals surface area contributed by atoms with Crippen LogP contribution in [-0.4, -0.2) is 68.4 Å². The number of ether oxygens (including phenoxy) is 2. The molecule has 0 spiro atoms. The summed E-state index contributed by atoms with van der Waals surface area (Å²) in [5.74, 6) is 1.52. The second-order valence-corrected chi connectivity index (χ2v) is 9.86. The van der Waals surface area contributed by atoms with Crippen LogP contribution in [0.4, 0.5) is 10.5 Å². The minimum absolute atomic E-state index is 0.148. The van der Waals surface area contributed by atoms with E-state index in [2.05, 4.69) is 70.6 Å². The maximum absolute atomic E-state index is 13.6. The number of piperazine rings is 1. The summed E-state index contributed by atoms with van der Waals surface area (Å²) in [6.07, 6.45) is 0.795. The van der Waals surface area contributed by atoms with Crippen molar-refractivity contribution in [2.24, 2.45) is 0 Å². The highest BCUT2D eigenvalue weighted by atomic mass is 16.7. The Bertz CT molecular complexity index is 1170. The lowest BCUT2D eigenvalue weighted by atomic mass is 9.88. The standard InChI is InChI=1S/C31H36N4O3/c1-24(21-34-18-15-32-16-19-34)22-35(31(36)33-27-12-13-29-30(20-27)38-23-37-29)17-14-28(25-8-4-2-5-9-25)26-10-6-3-7-11-26/h2-13,20,28,32H,1,14-19,21-23H2,(H,33,36). The fourth-order valence-corrected chi connectivity index (χ4v) is 5.12. The van der Waals surface area contributed by atoms with Gasteiger partial charge in [0, 0.05) is 63.5 Å². The number of fused-ring (bicyclic) bond motifs is 1. The zero-order valence-electron chi connectivity index (χ0n) is 21.8. The van der Waals surface area contributed by atoms with E-state index in [-0.39, 0.29) is 18.7 Å². The summed E-state index contributed by atoms with van der Waals surface area (Å²) in [6.45, 7) is 10.4. The van der Waals surface area contributed by atoms with Crippen LogP contribution in [0.2, 0.25) is 0 Å². The molecule has 1 fully saturated rings. The number of nitrogens with zero attached hydrogens (tertiary/aromatic N) is 2. The van der Waals surface area contributed by atoms with E-state index in [9.17, 15) is 4.79 Å². The molecule has 5 rings (SSSR count). The Labute approximate surface area is 225 Å². The molecule has 1 saturated heterocycles. The van der Waals surface area contributed by atoms with Crippen molar-refractivity contribution < 1.29 is 14.3 Å². The normalized spacial score (nSPS) is 14.9. The van der Waals surface area contributed by atoms with Crippen LogP contribution in [0.15, 0.2) is 91.0 Å². The Morgan fingerprint density at radius 3 is 2.29 bits per heavy atom. The summed E-state index contributed by atoms with van der Waals surface area (Å²) in [4.78, 5) is 17.9. The maximum atomic E-state index is 13.6. The van der Waals surface area contributed by atoms with Gasteiger partial charge in [-0.15, -0.1) is 0 Å². The molecule has 0 bridgehead atoms. The van der Waals surface area contributed by atoms with Crippen molar-refractivity contribution in [2.45, 2.75) is 12.3 Å². The van der Waals surface area contributed by atoms with E-state index in [1.165, 1.54) is 11.1 Å². The largest absolute Gasteiger partial charge is 0.454 e. The molecular formula is C31H36N4O3. The second kappa shape index (κ2) is 12.6. The highest BCUT2D eigenvalue weighted by molar-refractivity contribution is 5.90. The van der Waals surface area contributed by atoms with Crippen LogP contribution in [0.25, 0.3) is 0 Å². The lowest BCUT2D eigenvalue weighted by molar-refractivity contribution is 0.174. The van der Waals surface area contributed by atoms with Crippen LogP contribution in [0, 0.1) is 0 Å². The number of rotatable bonds is 10. The number of carbonyl (C=O) groups excluding carboxylic acids is 1. The van der Waals surface area contributed by atoms with Gasteiger partial charge in [-0.1, -0.05) is 67.2 Å². The Hall–Kier alpha value is -3.81. The Balaban J connectivity index is 1.32. The number of nitrogens with one attached hydrogen (secondary N) is 2. The van der Waals surface area contributed by atoms with Crippen molar-refractivity contribution in [3.8, 4) is 11.5 Å². The van der Waals surface area contributed by atoms with E-state index < -0.39 is 0 Å². The number of benzene rings is 3. The average molecular weight is 513 g/mol. The lowest BCUT2D eigenvalue weighted by Crippen LogP contribution is -2.45. The minimum Gasteiger partial charge on any atom is -0.454 e. The molecule has 0 radical (unpaired) electrons. The van der Waals surface area contributed by atoms with Gasteiger partial charge in [-0.2, -0.15) is 0 Å². The second-order valence-electron chi connectivity index (χ2n) is 9.86. The van der Waals surface area contributed by atoms with Gasteiger partial charge in [0.05, 0.1) is 0 Å². The molecular weight excluding hydrogens is 476 g/mol. The van der Waals surface area contributed by atoms with Crippen LogP contribution in [-0.2, 0) is 0 Å². The third-order valence-electron chi connectivity index (χ3n) is 7.07. The van der Waals surface area contributed by atoms with E-state index in [4.69, 9.17) is 9.47 Å². The summed E-state index contributed by atoms with van der Waals surface area (Å²) in [5, 5.41) is 6.46. The molecule has 0 aliphatic carbocycles. The number of anilines is 1. The van der Waals surface area contributed by atoms with E-state index in [1.54, 1.807) is 0 Å². The van der Waals surface area contributed by atoms with Crippen LogP contribution >= 0.6 is 0 Å². The molecule has 38 heavy (non-hydrogen) atoms. The minimum atomic E-state index is -0.148. The zero-order valence-corrected chi connectivity index (χ0v) is 21.8. The molecule has 7 heteroatoms. The van der Waals surface area contributed by atoms with Gasteiger partial charge < -0.3 is 25.0 Å². The molecule has 0 atom stereocenters. The first-order valence-corrected chi connectivity index (χ1v) is 13.3. The molecule has 2 N–H and O–H groups in total. The SMILES string of the molecule is C=C(CN1CCNCC1)CN(CCC(c1ccccc1)c1ccccc1)C(=O)Nc1ccc2c(c1)OCO2. The highest BCUT2D eigenvalue weighted by Crippen LogP contribution is 2.34. The van der Waals surface area contributed by atoms with Crippen LogP contribution < -0.4 is 20.1 Å². The summed E-state index contributed by atoms with van der Waals surface area (Å²) < 4.78 is 10.9. The third-order valence-corrected chi connectivity index (χ3v) is 7.07. The highest BCUT2D eigenvalue weighted by Gasteiger charge is 2.22. The van der Waals surface area contributed by atoms with Gasteiger partial charge >= 0.3 is 6.03 Å². The van der Waals surface area contributed by atoms with Crippen molar-refractivity contribution in [3.63, 3.8) is 0 Å². The molecule has 0 unspecified atom stereocenters. The molecule has 2 aliphatic heterocycles. The van der Waals surface area contributed by atoms with Gasteiger partial charge in [0.25, 0.3) is 0 Å². The Morgan fingerprint density at radius 2 is 1.61 bits per heavy atom. The van der Waals surface area contributed by atoms with Crippen LogP contribution in [0.1, 0.15) is 23.5 Å². The van der Waals surface area contributed by atoms with E-state index in [1.807, 2.05) is 35.2 Å². The summed E-state index contributed by atoms with van der Waals surface area (Å²) in [7, 11) is 0. The van der Waals surface area contributed by atoms with Gasteiger partial charge in [-0.3, -0.25) is 4.90 Å². The molecule has 198 valence electrons. The molecule has 2 heterocycles. The van der Waals surface area contributed by atoms with E-state index >= 15 is 0 Å². The van der Waals surface area contributed by atoms with Crippen LogP contribution in [0.5, 0.6) is 11.5 Å². The third kappa shape index (κ3) is 6.73. The van der Waals surface area contributed by atoms with Gasteiger partial charge in [0.1, 0.15) is 0 Å². The van der Waals surface area contributed by atoms with Crippen molar-refractivity contribution in [3.05, 3.63) is 102 Å². The lowest BCUT2D eigenvalue weighted by Gasteiger charge is -2.31. The molecule has 0 aromatic heterocycles. The molecule has 7 nitrogen and oxygen atoms in total. The van der Waals surface area contributed by atoms with Crippen LogP contribution in [0.3, 0.4) is 0 Å². The molecule has 3 aromatic carbocycles. The van der Waals surface area contributed by atoms with Gasteiger partial charge in [-0.05, 0) is 35.3 Å². The first-order valence-electron chi connectivity index (χ1n) is 13.3. The summed E-state index contributed by atoms with van der Waals surface area (Å²) >= 11 is 0. The van der Waals surface area contributed by atoms with Crippen molar-refractivity contribution in [1.29, 1.82) is 0 Å². The first kappa shape index (κ1) is 25.8. The number of hydrogen-bond donors (Lipinski definition) is 2. The summed E-state index contributed by atoms with van der Waals surface area (Å²) in [5.41, 5.74) is 4.20.